The van der Waals surface area contributed by atoms with Crippen molar-refractivity contribution in [3.8, 4) is 0 Å². The lowest BCUT2D eigenvalue weighted by molar-refractivity contribution is 0.0735. The molecule has 2 fully saturated rings. The van der Waals surface area contributed by atoms with Crippen molar-refractivity contribution < 1.29 is 23.5 Å². The molecule has 9 nitrogen and oxygen atoms in total. The van der Waals surface area contributed by atoms with E-state index in [1.54, 1.807) is 21.9 Å². The van der Waals surface area contributed by atoms with Crippen LogP contribution >= 0.6 is 0 Å². The molecule has 2 aliphatic rings. The molecule has 0 radical (unpaired) electrons. The van der Waals surface area contributed by atoms with Crippen LogP contribution in [0, 0.1) is 5.82 Å². The predicted octanol–water partition coefficient (Wildman–Crippen LogP) is 2.40. The number of nitrogens with one attached hydrogen (secondary N) is 2. The number of piperazine rings is 1. The third kappa shape index (κ3) is 5.89. The number of hydrogen-bond acceptors (Lipinski definition) is 6. The van der Waals surface area contributed by atoms with Gasteiger partial charge in [-0.3, -0.25) is 9.59 Å². The maximum Gasteiger partial charge on any atom is 0.409 e. The lowest BCUT2D eigenvalue weighted by atomic mass is 10.1. The van der Waals surface area contributed by atoms with Crippen LogP contribution in [0.2, 0.25) is 0 Å². The molecular weight excluding hydrogens is 453 g/mol. The van der Waals surface area contributed by atoms with Gasteiger partial charge in [-0.05, 0) is 48.9 Å². The predicted molar refractivity (Wildman–Crippen MR) is 130 cm³/mol. The smallest absolute Gasteiger partial charge is 0.409 e. The second kappa shape index (κ2) is 11.2. The van der Waals surface area contributed by atoms with Crippen LogP contribution in [0.1, 0.15) is 27.1 Å². The first-order valence-corrected chi connectivity index (χ1v) is 11.7. The van der Waals surface area contributed by atoms with Gasteiger partial charge >= 0.3 is 6.09 Å². The maximum absolute atomic E-state index is 13.3. The fourth-order valence-corrected chi connectivity index (χ4v) is 4.36. The van der Waals surface area contributed by atoms with Crippen LogP contribution in [0.4, 0.5) is 20.6 Å². The molecule has 0 spiro atoms. The summed E-state index contributed by atoms with van der Waals surface area (Å²) in [6.45, 7) is 4.96. The highest BCUT2D eigenvalue weighted by molar-refractivity contribution is 6.07. The summed E-state index contributed by atoms with van der Waals surface area (Å²) in [4.78, 5) is 43.6. The molecule has 10 heteroatoms. The van der Waals surface area contributed by atoms with Crippen LogP contribution in [0.25, 0.3) is 0 Å². The molecule has 0 aromatic heterocycles. The number of carbonyl (C=O) groups is 3. The van der Waals surface area contributed by atoms with Gasteiger partial charge in [0, 0.05) is 63.5 Å². The number of halogens is 1. The van der Waals surface area contributed by atoms with E-state index < -0.39 is 11.7 Å². The largest absolute Gasteiger partial charge is 0.453 e. The first kappa shape index (κ1) is 24.5. The van der Waals surface area contributed by atoms with Crippen molar-refractivity contribution in [1.82, 2.24) is 15.1 Å². The minimum absolute atomic E-state index is 0.0944. The first-order chi connectivity index (χ1) is 17.0. The fourth-order valence-electron chi connectivity index (χ4n) is 4.36. The molecule has 0 unspecified atom stereocenters. The van der Waals surface area contributed by atoms with E-state index in [0.29, 0.717) is 56.1 Å². The van der Waals surface area contributed by atoms with Crippen LogP contribution in [0.5, 0.6) is 0 Å². The van der Waals surface area contributed by atoms with Gasteiger partial charge in [-0.1, -0.05) is 0 Å². The van der Waals surface area contributed by atoms with Gasteiger partial charge in [0.15, 0.2) is 0 Å². The zero-order chi connectivity index (χ0) is 24.8. The zero-order valence-corrected chi connectivity index (χ0v) is 19.8. The molecule has 2 aromatic carbocycles. The normalized spacial score (nSPS) is 16.5. The van der Waals surface area contributed by atoms with Crippen molar-refractivity contribution >= 4 is 29.3 Å². The van der Waals surface area contributed by atoms with Gasteiger partial charge in [-0.15, -0.1) is 0 Å². The van der Waals surface area contributed by atoms with Crippen molar-refractivity contribution in [3.63, 3.8) is 0 Å². The third-order valence-corrected chi connectivity index (χ3v) is 6.27. The Kier molecular flexibility index (Phi) is 7.81. The van der Waals surface area contributed by atoms with Crippen molar-refractivity contribution in [2.24, 2.45) is 0 Å². The van der Waals surface area contributed by atoms with Crippen molar-refractivity contribution in [1.29, 1.82) is 0 Å². The highest BCUT2D eigenvalue weighted by Gasteiger charge is 2.24. The summed E-state index contributed by atoms with van der Waals surface area (Å²) < 4.78 is 18.2. The lowest BCUT2D eigenvalue weighted by Gasteiger charge is -2.29. The molecule has 0 atom stereocenters. The van der Waals surface area contributed by atoms with Crippen molar-refractivity contribution in [2.75, 3.05) is 69.7 Å². The first-order valence-electron chi connectivity index (χ1n) is 11.7. The van der Waals surface area contributed by atoms with Crippen LogP contribution in [0.15, 0.2) is 42.5 Å². The highest BCUT2D eigenvalue weighted by Crippen LogP contribution is 2.30. The summed E-state index contributed by atoms with van der Waals surface area (Å²) >= 11 is 0. The van der Waals surface area contributed by atoms with E-state index in [1.165, 1.54) is 31.4 Å². The summed E-state index contributed by atoms with van der Waals surface area (Å²) in [6, 6.07) is 10.6. The van der Waals surface area contributed by atoms with Crippen molar-refractivity contribution in [2.45, 2.75) is 6.42 Å². The van der Waals surface area contributed by atoms with E-state index in [1.807, 2.05) is 6.07 Å². The number of hydrogen-bond donors (Lipinski definition) is 2. The molecule has 35 heavy (non-hydrogen) atoms. The van der Waals surface area contributed by atoms with Gasteiger partial charge in [0.25, 0.3) is 11.8 Å². The molecule has 186 valence electrons. The van der Waals surface area contributed by atoms with Gasteiger partial charge in [0.1, 0.15) is 5.82 Å². The summed E-state index contributed by atoms with van der Waals surface area (Å²) in [7, 11) is 1.36. The average Bonchev–Trinajstić information content (AvgIpc) is 3.15. The monoisotopic (exact) mass is 483 g/mol. The third-order valence-electron chi connectivity index (χ3n) is 6.27. The number of nitrogens with zero attached hydrogens (tertiary/aromatic N) is 3. The van der Waals surface area contributed by atoms with Gasteiger partial charge < -0.3 is 30.1 Å². The molecule has 0 aliphatic carbocycles. The Morgan fingerprint density at radius 3 is 2.31 bits per heavy atom. The zero-order valence-electron chi connectivity index (χ0n) is 19.8. The van der Waals surface area contributed by atoms with Crippen LogP contribution in [-0.2, 0) is 4.74 Å². The fraction of sp³-hybridized carbons (Fsp3) is 0.400. The van der Waals surface area contributed by atoms with E-state index >= 15 is 0 Å². The molecule has 0 bridgehead atoms. The Bertz CT molecular complexity index is 1070. The SMILES string of the molecule is COC(=O)N1CCCN(c2ccc(C(=O)N3CCNCC3)cc2NC(=O)c2ccc(F)cc2)CC1. The Balaban J connectivity index is 1.61. The second-order valence-electron chi connectivity index (χ2n) is 8.53. The maximum atomic E-state index is 13.3. The molecule has 2 heterocycles. The van der Waals surface area contributed by atoms with E-state index in [2.05, 4.69) is 15.5 Å². The lowest BCUT2D eigenvalue weighted by Crippen LogP contribution is -2.46. The molecule has 2 N–H and O–H groups in total. The highest BCUT2D eigenvalue weighted by atomic mass is 19.1. The quantitative estimate of drug-likeness (QED) is 0.694. The number of methoxy groups -OCH3 is 1. The number of anilines is 2. The van der Waals surface area contributed by atoms with E-state index in [-0.39, 0.29) is 12.0 Å². The number of ether oxygens (including phenoxy) is 1. The van der Waals surface area contributed by atoms with Crippen LogP contribution < -0.4 is 15.5 Å². The number of carbonyl (C=O) groups excluding carboxylic acids is 3. The molecule has 2 aliphatic heterocycles. The van der Waals surface area contributed by atoms with Crippen molar-refractivity contribution in [3.05, 3.63) is 59.4 Å². The minimum atomic E-state index is -0.425. The summed E-state index contributed by atoms with van der Waals surface area (Å²) in [5.74, 6) is -0.919. The molecule has 2 saturated heterocycles. The Labute approximate surface area is 203 Å². The molecule has 3 amide bonds. The number of benzene rings is 2. The van der Waals surface area contributed by atoms with Gasteiger partial charge in [-0.2, -0.15) is 0 Å². The summed E-state index contributed by atoms with van der Waals surface area (Å²) in [5.41, 5.74) is 2.04. The van der Waals surface area contributed by atoms with Crippen LogP contribution in [0.3, 0.4) is 0 Å². The number of rotatable bonds is 4. The Morgan fingerprint density at radius 1 is 0.886 bits per heavy atom. The summed E-state index contributed by atoms with van der Waals surface area (Å²) in [5, 5.41) is 6.15. The molecular formula is C25H30FN5O4. The Morgan fingerprint density at radius 2 is 1.60 bits per heavy atom. The van der Waals surface area contributed by atoms with E-state index in [0.717, 1.165) is 25.2 Å². The second-order valence-corrected chi connectivity index (χ2v) is 8.53. The van der Waals surface area contributed by atoms with E-state index in [4.69, 9.17) is 4.74 Å². The minimum Gasteiger partial charge on any atom is -0.453 e. The van der Waals surface area contributed by atoms with Crippen LogP contribution in [-0.4, -0.2) is 87.2 Å². The van der Waals surface area contributed by atoms with Gasteiger partial charge in [0.2, 0.25) is 0 Å². The number of amides is 3. The summed E-state index contributed by atoms with van der Waals surface area (Å²) in [6.07, 6.45) is 0.357. The molecule has 4 rings (SSSR count). The standard InChI is InChI=1S/C25H30FN5O4/c1-35-25(34)31-12-2-11-29(15-16-31)22-8-5-19(24(33)30-13-9-27-10-14-30)17-21(22)28-23(32)18-3-6-20(26)7-4-18/h3-8,17,27H,2,9-16H2,1H3,(H,28,32). The molecule has 0 saturated carbocycles. The van der Waals surface area contributed by atoms with Gasteiger partial charge in [-0.25, -0.2) is 9.18 Å². The van der Waals surface area contributed by atoms with E-state index in [9.17, 15) is 18.8 Å². The average molecular weight is 484 g/mol. The Hall–Kier alpha value is -3.66. The molecule has 2 aromatic rings. The topological polar surface area (TPSA) is 94.2 Å². The van der Waals surface area contributed by atoms with Gasteiger partial charge in [0.05, 0.1) is 18.5 Å².